The summed E-state index contributed by atoms with van der Waals surface area (Å²) in [7, 11) is 0. The third-order valence-corrected chi connectivity index (χ3v) is 2.85. The Hall–Kier alpha value is -1.55. The summed E-state index contributed by atoms with van der Waals surface area (Å²) in [4.78, 5) is 13.7. The summed E-state index contributed by atoms with van der Waals surface area (Å²) in [5.74, 6) is -0.111. The van der Waals surface area contributed by atoms with Crippen LogP contribution < -0.4 is 0 Å². The van der Waals surface area contributed by atoms with E-state index in [1.165, 1.54) is 6.07 Å². The Labute approximate surface area is 109 Å². The Kier molecular flexibility index (Phi) is 4.97. The monoisotopic (exact) mass is 295 g/mol. The summed E-state index contributed by atoms with van der Waals surface area (Å²) >= 11 is 3.17. The highest BCUT2D eigenvalue weighted by atomic mass is 79.9. The van der Waals surface area contributed by atoms with Gasteiger partial charge in [0.05, 0.1) is 4.47 Å². The Morgan fingerprint density at radius 1 is 1.35 bits per heavy atom. The minimum absolute atomic E-state index is 0.0491. The van der Waals surface area contributed by atoms with Gasteiger partial charge in [0.15, 0.2) is 0 Å². The maximum Gasteiger partial charge on any atom is 0.254 e. The van der Waals surface area contributed by atoms with Crippen molar-refractivity contribution in [2.75, 3.05) is 13.1 Å². The number of halogens is 1. The standard InChI is InChI=1S/C13H14BrNO2/c1-3-7-15(8-4-2)13(17)10-5-6-11(14)12(16)9-10/h3-6,9,16H,1-2,7-8H2. The lowest BCUT2D eigenvalue weighted by molar-refractivity contribution is 0.0790. The molecule has 17 heavy (non-hydrogen) atoms. The van der Waals surface area contributed by atoms with E-state index in [-0.39, 0.29) is 11.7 Å². The van der Waals surface area contributed by atoms with Crippen LogP contribution in [0.5, 0.6) is 5.75 Å². The molecular formula is C13H14BrNO2. The van der Waals surface area contributed by atoms with Crippen molar-refractivity contribution in [3.05, 3.63) is 53.5 Å². The van der Waals surface area contributed by atoms with Gasteiger partial charge in [0.2, 0.25) is 0 Å². The van der Waals surface area contributed by atoms with Gasteiger partial charge in [0, 0.05) is 18.7 Å². The molecule has 0 aliphatic carbocycles. The quantitative estimate of drug-likeness (QED) is 0.849. The predicted octanol–water partition coefficient (Wildman–Crippen LogP) is 2.97. The number of nitrogens with zero attached hydrogens (tertiary/aromatic N) is 1. The zero-order chi connectivity index (χ0) is 12.8. The van der Waals surface area contributed by atoms with E-state index in [0.29, 0.717) is 23.1 Å². The number of aromatic hydroxyl groups is 1. The van der Waals surface area contributed by atoms with Gasteiger partial charge in [-0.25, -0.2) is 0 Å². The number of phenols is 1. The topological polar surface area (TPSA) is 40.5 Å². The van der Waals surface area contributed by atoms with E-state index in [9.17, 15) is 9.90 Å². The van der Waals surface area contributed by atoms with Gasteiger partial charge in [-0.3, -0.25) is 4.79 Å². The van der Waals surface area contributed by atoms with Crippen molar-refractivity contribution in [3.63, 3.8) is 0 Å². The lowest BCUT2D eigenvalue weighted by Gasteiger charge is -2.19. The van der Waals surface area contributed by atoms with E-state index in [0.717, 1.165) is 0 Å². The molecule has 1 rings (SSSR count). The van der Waals surface area contributed by atoms with E-state index in [2.05, 4.69) is 29.1 Å². The SMILES string of the molecule is C=CCN(CC=C)C(=O)c1ccc(Br)c(O)c1. The molecule has 0 radical (unpaired) electrons. The van der Waals surface area contributed by atoms with Gasteiger partial charge in [-0.2, -0.15) is 0 Å². The molecule has 0 saturated heterocycles. The molecule has 1 aromatic carbocycles. The number of amides is 1. The maximum atomic E-state index is 12.1. The van der Waals surface area contributed by atoms with Crippen molar-refractivity contribution in [3.8, 4) is 5.75 Å². The molecule has 0 unspecified atom stereocenters. The summed E-state index contributed by atoms with van der Waals surface area (Å²) in [6.07, 6.45) is 3.31. The summed E-state index contributed by atoms with van der Waals surface area (Å²) in [6.45, 7) is 8.10. The summed E-state index contributed by atoms with van der Waals surface area (Å²) in [5.41, 5.74) is 0.439. The molecule has 0 heterocycles. The van der Waals surface area contributed by atoms with Gasteiger partial charge in [0.25, 0.3) is 5.91 Å². The van der Waals surface area contributed by atoms with Crippen LogP contribution in [0.25, 0.3) is 0 Å². The fourth-order valence-electron chi connectivity index (χ4n) is 1.38. The van der Waals surface area contributed by atoms with E-state index < -0.39 is 0 Å². The second-order valence-corrected chi connectivity index (χ2v) is 4.31. The van der Waals surface area contributed by atoms with Crippen LogP contribution in [0.4, 0.5) is 0 Å². The van der Waals surface area contributed by atoms with Gasteiger partial charge < -0.3 is 10.0 Å². The van der Waals surface area contributed by atoms with E-state index in [1.54, 1.807) is 29.2 Å². The molecule has 1 N–H and O–H groups in total. The first-order valence-electron chi connectivity index (χ1n) is 5.09. The van der Waals surface area contributed by atoms with Crippen molar-refractivity contribution in [1.82, 2.24) is 4.90 Å². The third kappa shape index (κ3) is 3.46. The largest absolute Gasteiger partial charge is 0.507 e. The van der Waals surface area contributed by atoms with Crippen molar-refractivity contribution in [2.45, 2.75) is 0 Å². The van der Waals surface area contributed by atoms with Crippen LogP contribution in [0.3, 0.4) is 0 Å². The molecular weight excluding hydrogens is 282 g/mol. The second-order valence-electron chi connectivity index (χ2n) is 3.45. The summed E-state index contributed by atoms with van der Waals surface area (Å²) < 4.78 is 0.563. The minimum Gasteiger partial charge on any atom is -0.507 e. The number of hydrogen-bond donors (Lipinski definition) is 1. The van der Waals surface area contributed by atoms with Crippen LogP contribution in [0.1, 0.15) is 10.4 Å². The molecule has 0 aliphatic heterocycles. The summed E-state index contributed by atoms with van der Waals surface area (Å²) in [5, 5.41) is 9.53. The third-order valence-electron chi connectivity index (χ3n) is 2.18. The van der Waals surface area contributed by atoms with Crippen LogP contribution in [0, 0.1) is 0 Å². The van der Waals surface area contributed by atoms with Crippen molar-refractivity contribution in [2.24, 2.45) is 0 Å². The zero-order valence-electron chi connectivity index (χ0n) is 9.40. The van der Waals surface area contributed by atoms with Crippen LogP contribution >= 0.6 is 15.9 Å². The first-order valence-corrected chi connectivity index (χ1v) is 5.89. The Morgan fingerprint density at radius 3 is 2.41 bits per heavy atom. The summed E-state index contributed by atoms with van der Waals surface area (Å²) in [6, 6.07) is 4.74. The van der Waals surface area contributed by atoms with Gasteiger partial charge in [-0.15, -0.1) is 13.2 Å². The normalized spacial score (nSPS) is 9.71. The lowest BCUT2D eigenvalue weighted by atomic mass is 10.2. The molecule has 0 aromatic heterocycles. The Morgan fingerprint density at radius 2 is 1.94 bits per heavy atom. The van der Waals surface area contributed by atoms with E-state index in [1.807, 2.05) is 0 Å². The minimum atomic E-state index is -0.160. The average molecular weight is 296 g/mol. The molecule has 0 aliphatic rings. The fourth-order valence-corrected chi connectivity index (χ4v) is 1.63. The van der Waals surface area contributed by atoms with Crippen LogP contribution in [0.2, 0.25) is 0 Å². The average Bonchev–Trinajstić information content (AvgIpc) is 2.31. The van der Waals surface area contributed by atoms with Crippen LogP contribution in [0.15, 0.2) is 48.0 Å². The second kappa shape index (κ2) is 6.25. The highest BCUT2D eigenvalue weighted by Gasteiger charge is 2.14. The first kappa shape index (κ1) is 13.5. The lowest BCUT2D eigenvalue weighted by Crippen LogP contribution is -2.31. The maximum absolute atomic E-state index is 12.1. The van der Waals surface area contributed by atoms with Gasteiger partial charge >= 0.3 is 0 Å². The molecule has 0 saturated carbocycles. The van der Waals surface area contributed by atoms with Gasteiger partial charge in [-0.1, -0.05) is 12.2 Å². The Balaban J connectivity index is 2.95. The molecule has 0 spiro atoms. The first-order chi connectivity index (χ1) is 8.10. The van der Waals surface area contributed by atoms with E-state index >= 15 is 0 Å². The smallest absolute Gasteiger partial charge is 0.254 e. The molecule has 3 nitrogen and oxygen atoms in total. The van der Waals surface area contributed by atoms with Gasteiger partial charge in [-0.05, 0) is 34.1 Å². The number of carbonyl (C=O) groups is 1. The molecule has 1 amide bonds. The molecule has 4 heteroatoms. The van der Waals surface area contributed by atoms with E-state index in [4.69, 9.17) is 0 Å². The van der Waals surface area contributed by atoms with Gasteiger partial charge in [0.1, 0.15) is 5.75 Å². The number of carbonyl (C=O) groups excluding carboxylic acids is 1. The number of phenolic OH excluding ortho intramolecular Hbond substituents is 1. The molecule has 90 valence electrons. The molecule has 0 fully saturated rings. The number of rotatable bonds is 5. The Bertz CT molecular complexity index is 433. The number of benzene rings is 1. The van der Waals surface area contributed by atoms with Crippen molar-refractivity contribution < 1.29 is 9.90 Å². The number of hydrogen-bond acceptors (Lipinski definition) is 2. The van der Waals surface area contributed by atoms with Crippen LogP contribution in [-0.4, -0.2) is 29.0 Å². The molecule has 1 aromatic rings. The molecule has 0 bridgehead atoms. The molecule has 0 atom stereocenters. The van der Waals surface area contributed by atoms with Crippen molar-refractivity contribution >= 4 is 21.8 Å². The fraction of sp³-hybridized carbons (Fsp3) is 0.154. The zero-order valence-corrected chi connectivity index (χ0v) is 11.0. The van der Waals surface area contributed by atoms with Crippen LogP contribution in [-0.2, 0) is 0 Å². The highest BCUT2D eigenvalue weighted by Crippen LogP contribution is 2.24. The predicted molar refractivity (Wildman–Crippen MR) is 72.1 cm³/mol. The van der Waals surface area contributed by atoms with Crippen molar-refractivity contribution in [1.29, 1.82) is 0 Å². The highest BCUT2D eigenvalue weighted by molar-refractivity contribution is 9.10.